The number of hydrogen-bond acceptors (Lipinski definition) is 5. The molecule has 0 spiro atoms. The summed E-state index contributed by atoms with van der Waals surface area (Å²) in [6.45, 7) is 5.28. The zero-order valence-corrected chi connectivity index (χ0v) is 28.9. The summed E-state index contributed by atoms with van der Waals surface area (Å²) in [7, 11) is -2.79. The smallest absolute Gasteiger partial charge is 0.264 e. The third kappa shape index (κ3) is 8.76. The van der Waals surface area contributed by atoms with E-state index in [1.54, 1.807) is 36.4 Å². The maximum Gasteiger partial charge on any atom is 0.264 e. The summed E-state index contributed by atoms with van der Waals surface area (Å²) in [5.41, 5.74) is 2.77. The van der Waals surface area contributed by atoms with E-state index in [1.165, 1.54) is 24.1 Å². The first-order valence-corrected chi connectivity index (χ1v) is 17.4. The van der Waals surface area contributed by atoms with Gasteiger partial charge in [-0.2, -0.15) is 0 Å². The van der Waals surface area contributed by atoms with E-state index < -0.39 is 28.5 Å². The molecule has 10 heteroatoms. The van der Waals surface area contributed by atoms with Gasteiger partial charge in [-0.3, -0.25) is 13.9 Å². The van der Waals surface area contributed by atoms with Crippen molar-refractivity contribution < 1.29 is 22.7 Å². The van der Waals surface area contributed by atoms with E-state index in [0.29, 0.717) is 12.2 Å². The number of nitrogens with one attached hydrogen (secondary N) is 1. The van der Waals surface area contributed by atoms with Crippen LogP contribution in [0.15, 0.2) is 112 Å². The molecule has 2 atom stereocenters. The predicted molar refractivity (Wildman–Crippen MR) is 185 cm³/mol. The van der Waals surface area contributed by atoms with Gasteiger partial charge in [0.05, 0.1) is 17.7 Å². The number of sulfonamides is 1. The average Bonchev–Trinajstić information content (AvgIpc) is 3.06. The molecule has 0 saturated heterocycles. The first-order valence-electron chi connectivity index (χ1n) is 15.1. The van der Waals surface area contributed by atoms with Gasteiger partial charge in [0.25, 0.3) is 10.0 Å². The summed E-state index contributed by atoms with van der Waals surface area (Å²) in [6.07, 6.45) is 0.950. The SMILES string of the molecule is CC[C@@H](C)NC(=O)[C@H](Cc1ccccc1)N(Cc1ccc(Br)cc1)C(=O)CN(c1ccccc1OC)S(=O)(=O)c1ccc(C)cc1. The molecule has 0 aliphatic heterocycles. The van der Waals surface area contributed by atoms with Gasteiger partial charge in [0.2, 0.25) is 11.8 Å². The first-order chi connectivity index (χ1) is 22.0. The van der Waals surface area contributed by atoms with Crippen LogP contribution in [-0.4, -0.2) is 50.9 Å². The highest BCUT2D eigenvalue weighted by Crippen LogP contribution is 2.33. The molecule has 0 heterocycles. The Morgan fingerprint density at radius 3 is 2.13 bits per heavy atom. The lowest BCUT2D eigenvalue weighted by molar-refractivity contribution is -0.140. The van der Waals surface area contributed by atoms with Crippen LogP contribution >= 0.6 is 15.9 Å². The van der Waals surface area contributed by atoms with Crippen molar-refractivity contribution in [1.82, 2.24) is 10.2 Å². The van der Waals surface area contributed by atoms with Crippen molar-refractivity contribution in [3.05, 3.63) is 124 Å². The normalized spacial score (nSPS) is 12.5. The summed E-state index contributed by atoms with van der Waals surface area (Å²) < 4.78 is 36.0. The van der Waals surface area contributed by atoms with E-state index in [2.05, 4.69) is 21.2 Å². The Bertz CT molecular complexity index is 1720. The quantitative estimate of drug-likeness (QED) is 0.161. The number of rotatable bonds is 14. The van der Waals surface area contributed by atoms with Gasteiger partial charge < -0.3 is 15.0 Å². The van der Waals surface area contributed by atoms with Gasteiger partial charge >= 0.3 is 0 Å². The molecule has 242 valence electrons. The van der Waals surface area contributed by atoms with Crippen LogP contribution in [0.1, 0.15) is 37.0 Å². The summed E-state index contributed by atoms with van der Waals surface area (Å²) >= 11 is 3.46. The topological polar surface area (TPSA) is 96.0 Å². The number of aryl methyl sites for hydroxylation is 1. The number of methoxy groups -OCH3 is 1. The van der Waals surface area contributed by atoms with Crippen molar-refractivity contribution in [3.63, 3.8) is 0 Å². The average molecular weight is 707 g/mol. The van der Waals surface area contributed by atoms with Crippen molar-refractivity contribution in [2.24, 2.45) is 0 Å². The second-order valence-corrected chi connectivity index (χ2v) is 13.9. The third-order valence-electron chi connectivity index (χ3n) is 7.78. The Morgan fingerprint density at radius 1 is 0.870 bits per heavy atom. The Morgan fingerprint density at radius 2 is 1.50 bits per heavy atom. The second kappa shape index (κ2) is 15.9. The third-order valence-corrected chi connectivity index (χ3v) is 10.1. The second-order valence-electron chi connectivity index (χ2n) is 11.2. The molecule has 4 rings (SSSR count). The first kappa shape index (κ1) is 34.7. The van der Waals surface area contributed by atoms with Gasteiger partial charge in [-0.15, -0.1) is 0 Å². The van der Waals surface area contributed by atoms with Crippen LogP contribution in [-0.2, 0) is 32.6 Å². The molecule has 46 heavy (non-hydrogen) atoms. The monoisotopic (exact) mass is 705 g/mol. The number of benzene rings is 4. The lowest BCUT2D eigenvalue weighted by atomic mass is 10.0. The summed E-state index contributed by atoms with van der Waals surface area (Å²) in [4.78, 5) is 30.1. The molecular formula is C36H40BrN3O5S. The van der Waals surface area contributed by atoms with Crippen molar-refractivity contribution in [1.29, 1.82) is 0 Å². The molecule has 4 aromatic carbocycles. The van der Waals surface area contributed by atoms with E-state index in [-0.39, 0.29) is 35.5 Å². The van der Waals surface area contributed by atoms with Gasteiger partial charge in [-0.25, -0.2) is 8.42 Å². The van der Waals surface area contributed by atoms with E-state index >= 15 is 0 Å². The van der Waals surface area contributed by atoms with Crippen LogP contribution in [0.5, 0.6) is 5.75 Å². The highest BCUT2D eigenvalue weighted by molar-refractivity contribution is 9.10. The maximum atomic E-state index is 14.6. The minimum absolute atomic E-state index is 0.0339. The highest BCUT2D eigenvalue weighted by Gasteiger charge is 2.35. The Kier molecular flexibility index (Phi) is 12.0. The lowest BCUT2D eigenvalue weighted by Crippen LogP contribution is -2.54. The number of halogens is 1. The number of anilines is 1. The number of amides is 2. The molecule has 0 radical (unpaired) electrons. The van der Waals surface area contributed by atoms with Gasteiger partial charge in [0.1, 0.15) is 18.3 Å². The Labute approximate surface area is 280 Å². The molecule has 0 aromatic heterocycles. The standard InChI is InChI=1S/C36H40BrN3O5S/c1-5-27(3)38-36(42)33(23-28-11-7-6-8-12-28)39(24-29-17-19-30(37)20-18-29)35(41)25-40(32-13-9-10-14-34(32)45-4)46(43,44)31-21-15-26(2)16-22-31/h6-22,27,33H,5,23-25H2,1-4H3,(H,38,42)/t27-,33+/m1/s1. The van der Waals surface area contributed by atoms with E-state index in [0.717, 1.165) is 25.5 Å². The molecule has 4 aromatic rings. The van der Waals surface area contributed by atoms with Crippen molar-refractivity contribution in [2.45, 2.75) is 57.1 Å². The molecule has 1 N–H and O–H groups in total. The van der Waals surface area contributed by atoms with Crippen LogP contribution in [0.25, 0.3) is 0 Å². The minimum Gasteiger partial charge on any atom is -0.495 e. The predicted octanol–water partition coefficient (Wildman–Crippen LogP) is 6.52. The number of para-hydroxylation sites is 2. The Balaban J connectivity index is 1.83. The fourth-order valence-electron chi connectivity index (χ4n) is 4.97. The largest absolute Gasteiger partial charge is 0.495 e. The molecule has 0 fully saturated rings. The van der Waals surface area contributed by atoms with Crippen molar-refractivity contribution >= 4 is 43.5 Å². The number of nitrogens with zero attached hydrogens (tertiary/aromatic N) is 2. The lowest BCUT2D eigenvalue weighted by Gasteiger charge is -2.34. The summed E-state index contributed by atoms with van der Waals surface area (Å²) in [5, 5.41) is 3.05. The van der Waals surface area contributed by atoms with E-state index in [1.807, 2.05) is 75.4 Å². The van der Waals surface area contributed by atoms with Gasteiger partial charge in [-0.1, -0.05) is 95.1 Å². The van der Waals surface area contributed by atoms with Crippen LogP contribution < -0.4 is 14.4 Å². The Hall–Kier alpha value is -4.15. The van der Waals surface area contributed by atoms with Crippen molar-refractivity contribution in [3.8, 4) is 5.75 Å². The van der Waals surface area contributed by atoms with Crippen LogP contribution in [0.4, 0.5) is 5.69 Å². The van der Waals surface area contributed by atoms with Crippen LogP contribution in [0, 0.1) is 6.92 Å². The number of ether oxygens (including phenoxy) is 1. The molecule has 0 saturated carbocycles. The van der Waals surface area contributed by atoms with Gasteiger partial charge in [-0.05, 0) is 67.8 Å². The fraction of sp³-hybridized carbons (Fsp3) is 0.278. The molecule has 0 unspecified atom stereocenters. The van der Waals surface area contributed by atoms with E-state index in [9.17, 15) is 18.0 Å². The summed E-state index contributed by atoms with van der Waals surface area (Å²) in [5.74, 6) is -0.556. The molecule has 0 bridgehead atoms. The molecule has 0 aliphatic carbocycles. The van der Waals surface area contributed by atoms with Crippen LogP contribution in [0.2, 0.25) is 0 Å². The maximum absolute atomic E-state index is 14.6. The molecular weight excluding hydrogens is 666 g/mol. The number of carbonyl (C=O) groups excluding carboxylic acids is 2. The van der Waals surface area contributed by atoms with Crippen LogP contribution in [0.3, 0.4) is 0 Å². The van der Waals surface area contributed by atoms with E-state index in [4.69, 9.17) is 4.74 Å². The van der Waals surface area contributed by atoms with Gasteiger partial charge in [0.15, 0.2) is 0 Å². The molecule has 8 nitrogen and oxygen atoms in total. The number of hydrogen-bond donors (Lipinski definition) is 1. The highest BCUT2D eigenvalue weighted by atomic mass is 79.9. The zero-order chi connectivity index (χ0) is 33.3. The fourth-order valence-corrected chi connectivity index (χ4v) is 6.66. The molecule has 0 aliphatic rings. The van der Waals surface area contributed by atoms with Gasteiger partial charge in [0, 0.05) is 23.5 Å². The zero-order valence-electron chi connectivity index (χ0n) is 26.5. The number of carbonyl (C=O) groups is 2. The minimum atomic E-state index is -4.24. The molecule has 2 amide bonds. The summed E-state index contributed by atoms with van der Waals surface area (Å²) in [6, 6.07) is 29.1. The van der Waals surface area contributed by atoms with Crippen molar-refractivity contribution in [2.75, 3.05) is 18.0 Å².